The SMILES string of the molecule is CC(C)n1nnnc1COc1ccc(C(=O)NCc2ccco2)cc1. The average molecular weight is 341 g/mol. The molecular weight excluding hydrogens is 322 g/mol. The van der Waals surface area contributed by atoms with Crippen LogP contribution >= 0.6 is 0 Å². The highest BCUT2D eigenvalue weighted by Crippen LogP contribution is 2.14. The van der Waals surface area contributed by atoms with Crippen molar-refractivity contribution in [2.45, 2.75) is 33.0 Å². The lowest BCUT2D eigenvalue weighted by Gasteiger charge is -2.09. The Labute approximate surface area is 144 Å². The van der Waals surface area contributed by atoms with Crippen molar-refractivity contribution in [2.24, 2.45) is 0 Å². The largest absolute Gasteiger partial charge is 0.486 e. The lowest BCUT2D eigenvalue weighted by molar-refractivity contribution is 0.0948. The highest BCUT2D eigenvalue weighted by molar-refractivity contribution is 5.94. The molecule has 0 bridgehead atoms. The van der Waals surface area contributed by atoms with Crippen LogP contribution in [0.25, 0.3) is 0 Å². The molecule has 0 aliphatic carbocycles. The third-order valence-corrected chi connectivity index (χ3v) is 3.54. The molecule has 25 heavy (non-hydrogen) atoms. The molecule has 3 aromatic rings. The van der Waals surface area contributed by atoms with E-state index in [1.54, 1.807) is 41.3 Å². The Morgan fingerprint density at radius 1 is 1.28 bits per heavy atom. The lowest BCUT2D eigenvalue weighted by Crippen LogP contribution is -2.22. The first-order chi connectivity index (χ1) is 12.1. The van der Waals surface area contributed by atoms with Crippen molar-refractivity contribution < 1.29 is 13.9 Å². The van der Waals surface area contributed by atoms with Gasteiger partial charge in [-0.3, -0.25) is 4.79 Å². The van der Waals surface area contributed by atoms with Gasteiger partial charge in [0.15, 0.2) is 5.82 Å². The van der Waals surface area contributed by atoms with Gasteiger partial charge in [-0.15, -0.1) is 5.10 Å². The van der Waals surface area contributed by atoms with Crippen molar-refractivity contribution in [3.63, 3.8) is 0 Å². The first-order valence-corrected chi connectivity index (χ1v) is 7.93. The van der Waals surface area contributed by atoms with Gasteiger partial charge in [-0.25, -0.2) is 4.68 Å². The second-order valence-electron chi connectivity index (χ2n) is 5.71. The standard InChI is InChI=1S/C17H19N5O3/c1-12(2)22-16(19-20-21-22)11-25-14-7-5-13(6-8-14)17(23)18-10-15-4-3-9-24-15/h3-9,12H,10-11H2,1-2H3,(H,18,23). The summed E-state index contributed by atoms with van der Waals surface area (Å²) < 4.78 is 12.6. The highest BCUT2D eigenvalue weighted by Gasteiger charge is 2.10. The molecule has 1 amide bonds. The van der Waals surface area contributed by atoms with Crippen LogP contribution in [-0.2, 0) is 13.2 Å². The molecule has 3 rings (SSSR count). The predicted octanol–water partition coefficient (Wildman–Crippen LogP) is 2.36. The molecule has 0 fully saturated rings. The molecule has 2 aromatic heterocycles. The smallest absolute Gasteiger partial charge is 0.251 e. The fraction of sp³-hybridized carbons (Fsp3) is 0.294. The first-order valence-electron chi connectivity index (χ1n) is 7.93. The fourth-order valence-corrected chi connectivity index (χ4v) is 2.24. The second-order valence-corrected chi connectivity index (χ2v) is 5.71. The van der Waals surface area contributed by atoms with Gasteiger partial charge in [0.2, 0.25) is 0 Å². The van der Waals surface area contributed by atoms with Gasteiger partial charge < -0.3 is 14.5 Å². The summed E-state index contributed by atoms with van der Waals surface area (Å²) >= 11 is 0. The molecular formula is C17H19N5O3. The van der Waals surface area contributed by atoms with Crippen LogP contribution in [0.2, 0.25) is 0 Å². The first kappa shape index (κ1) is 16.7. The Balaban J connectivity index is 1.54. The Kier molecular flexibility index (Phi) is 5.08. The molecule has 130 valence electrons. The van der Waals surface area contributed by atoms with Crippen molar-refractivity contribution in [3.05, 3.63) is 59.8 Å². The molecule has 1 aromatic carbocycles. The Morgan fingerprint density at radius 2 is 2.08 bits per heavy atom. The quantitative estimate of drug-likeness (QED) is 0.709. The van der Waals surface area contributed by atoms with Gasteiger partial charge >= 0.3 is 0 Å². The van der Waals surface area contributed by atoms with Crippen molar-refractivity contribution in [1.82, 2.24) is 25.5 Å². The van der Waals surface area contributed by atoms with E-state index in [-0.39, 0.29) is 18.6 Å². The van der Waals surface area contributed by atoms with Crippen LogP contribution in [0.1, 0.15) is 41.8 Å². The Bertz CT molecular complexity index is 809. The molecule has 0 saturated heterocycles. The van der Waals surface area contributed by atoms with Crippen molar-refractivity contribution >= 4 is 5.91 Å². The van der Waals surface area contributed by atoms with E-state index in [9.17, 15) is 4.79 Å². The van der Waals surface area contributed by atoms with Gasteiger partial charge in [0.1, 0.15) is 18.1 Å². The molecule has 0 atom stereocenters. The maximum Gasteiger partial charge on any atom is 0.251 e. The minimum Gasteiger partial charge on any atom is -0.486 e. The number of carbonyl (C=O) groups excluding carboxylic acids is 1. The molecule has 1 N–H and O–H groups in total. The Morgan fingerprint density at radius 3 is 2.76 bits per heavy atom. The van der Waals surface area contributed by atoms with Gasteiger partial charge in [-0.1, -0.05) is 0 Å². The van der Waals surface area contributed by atoms with Crippen LogP contribution in [0, 0.1) is 0 Å². The number of hydrogen-bond donors (Lipinski definition) is 1. The third kappa shape index (κ3) is 4.23. The predicted molar refractivity (Wildman–Crippen MR) is 88.9 cm³/mol. The summed E-state index contributed by atoms with van der Waals surface area (Å²) in [6, 6.07) is 10.6. The molecule has 0 saturated carbocycles. The van der Waals surface area contributed by atoms with E-state index in [4.69, 9.17) is 9.15 Å². The number of ether oxygens (including phenoxy) is 1. The number of tetrazole rings is 1. The summed E-state index contributed by atoms with van der Waals surface area (Å²) in [5, 5.41) is 14.3. The number of furan rings is 1. The number of benzene rings is 1. The van der Waals surface area contributed by atoms with Crippen LogP contribution in [-0.4, -0.2) is 26.1 Å². The van der Waals surface area contributed by atoms with Crippen molar-refractivity contribution in [3.8, 4) is 5.75 Å². The van der Waals surface area contributed by atoms with E-state index in [0.29, 0.717) is 29.4 Å². The van der Waals surface area contributed by atoms with Gasteiger partial charge in [0, 0.05) is 5.56 Å². The summed E-state index contributed by atoms with van der Waals surface area (Å²) in [6.07, 6.45) is 1.57. The van der Waals surface area contributed by atoms with Crippen LogP contribution in [0.15, 0.2) is 47.1 Å². The van der Waals surface area contributed by atoms with E-state index in [1.165, 1.54) is 0 Å². The zero-order valence-electron chi connectivity index (χ0n) is 14.0. The van der Waals surface area contributed by atoms with Gasteiger partial charge in [-0.05, 0) is 60.7 Å². The normalized spacial score (nSPS) is 10.8. The molecule has 0 aliphatic heterocycles. The third-order valence-electron chi connectivity index (χ3n) is 3.54. The number of nitrogens with zero attached hydrogens (tertiary/aromatic N) is 4. The van der Waals surface area contributed by atoms with Crippen LogP contribution < -0.4 is 10.1 Å². The van der Waals surface area contributed by atoms with Gasteiger partial charge in [0.25, 0.3) is 5.91 Å². The zero-order chi connectivity index (χ0) is 17.6. The maximum atomic E-state index is 12.1. The molecule has 0 spiro atoms. The highest BCUT2D eigenvalue weighted by atomic mass is 16.5. The minimum absolute atomic E-state index is 0.161. The van der Waals surface area contributed by atoms with Gasteiger partial charge in [0.05, 0.1) is 18.8 Å². The van der Waals surface area contributed by atoms with Gasteiger partial charge in [-0.2, -0.15) is 0 Å². The van der Waals surface area contributed by atoms with Crippen molar-refractivity contribution in [2.75, 3.05) is 0 Å². The number of rotatable bonds is 7. The minimum atomic E-state index is -0.174. The summed E-state index contributed by atoms with van der Waals surface area (Å²) in [5.74, 6) is 1.82. The summed E-state index contributed by atoms with van der Waals surface area (Å²) in [5.41, 5.74) is 0.547. The monoisotopic (exact) mass is 341 g/mol. The second kappa shape index (κ2) is 7.61. The zero-order valence-corrected chi connectivity index (χ0v) is 14.0. The van der Waals surface area contributed by atoms with Crippen LogP contribution in [0.4, 0.5) is 0 Å². The van der Waals surface area contributed by atoms with Crippen molar-refractivity contribution in [1.29, 1.82) is 0 Å². The van der Waals surface area contributed by atoms with Crippen LogP contribution in [0.3, 0.4) is 0 Å². The van der Waals surface area contributed by atoms with Crippen LogP contribution in [0.5, 0.6) is 5.75 Å². The summed E-state index contributed by atoms with van der Waals surface area (Å²) in [4.78, 5) is 12.1. The molecule has 0 radical (unpaired) electrons. The molecule has 8 heteroatoms. The number of amides is 1. The lowest BCUT2D eigenvalue weighted by atomic mass is 10.2. The number of carbonyl (C=O) groups is 1. The van der Waals surface area contributed by atoms with E-state index in [0.717, 1.165) is 0 Å². The molecule has 2 heterocycles. The average Bonchev–Trinajstić information content (AvgIpc) is 3.29. The summed E-state index contributed by atoms with van der Waals surface area (Å²) in [7, 11) is 0. The molecule has 0 aliphatic rings. The Hall–Kier alpha value is -3.16. The van der Waals surface area contributed by atoms with E-state index in [1.807, 2.05) is 19.9 Å². The van der Waals surface area contributed by atoms with E-state index in [2.05, 4.69) is 20.8 Å². The maximum absolute atomic E-state index is 12.1. The fourth-order valence-electron chi connectivity index (χ4n) is 2.24. The number of hydrogen-bond acceptors (Lipinski definition) is 6. The summed E-state index contributed by atoms with van der Waals surface area (Å²) in [6.45, 7) is 4.60. The van der Waals surface area contributed by atoms with E-state index < -0.39 is 0 Å². The number of aromatic nitrogens is 4. The molecule has 8 nitrogen and oxygen atoms in total. The topological polar surface area (TPSA) is 95.1 Å². The molecule has 0 unspecified atom stereocenters. The number of nitrogens with one attached hydrogen (secondary N) is 1. The van der Waals surface area contributed by atoms with E-state index >= 15 is 0 Å².